The standard InChI is InChI=1S/C23H31N3O2/c1-15(2)19-8-5-9-20(16(3)4)22(19)26-23(27)21-11-10-17(13-25-21)24-14-18-7-6-12-28-18/h5,8-11,13,15-16,18,24H,6-7,12,14H2,1-4H3,(H,26,27). The maximum atomic E-state index is 12.8. The SMILES string of the molecule is CC(C)c1cccc(C(C)C)c1NC(=O)c1ccc(NCC2CCCO2)cn1. The van der Waals surface area contributed by atoms with Gasteiger partial charge in [0.15, 0.2) is 0 Å². The molecule has 3 rings (SSSR count). The van der Waals surface area contributed by atoms with E-state index in [4.69, 9.17) is 4.74 Å². The van der Waals surface area contributed by atoms with Crippen LogP contribution in [-0.4, -0.2) is 30.1 Å². The van der Waals surface area contributed by atoms with Crippen molar-refractivity contribution in [2.24, 2.45) is 0 Å². The van der Waals surface area contributed by atoms with Crippen LogP contribution in [0.3, 0.4) is 0 Å². The molecular weight excluding hydrogens is 350 g/mol. The van der Waals surface area contributed by atoms with Crippen LogP contribution in [0.15, 0.2) is 36.5 Å². The summed E-state index contributed by atoms with van der Waals surface area (Å²) in [4.78, 5) is 17.2. The Labute approximate surface area is 167 Å². The van der Waals surface area contributed by atoms with Gasteiger partial charge in [0.25, 0.3) is 5.91 Å². The summed E-state index contributed by atoms with van der Waals surface area (Å²) in [5, 5.41) is 6.44. The summed E-state index contributed by atoms with van der Waals surface area (Å²) in [7, 11) is 0. The van der Waals surface area contributed by atoms with Gasteiger partial charge in [0.1, 0.15) is 5.69 Å². The van der Waals surface area contributed by atoms with E-state index in [0.717, 1.165) is 48.5 Å². The zero-order valence-electron chi connectivity index (χ0n) is 17.3. The lowest BCUT2D eigenvalue weighted by Gasteiger charge is -2.20. The third kappa shape index (κ3) is 4.90. The Hall–Kier alpha value is -2.40. The summed E-state index contributed by atoms with van der Waals surface area (Å²) in [6.07, 6.45) is 4.19. The van der Waals surface area contributed by atoms with E-state index in [0.29, 0.717) is 17.5 Å². The van der Waals surface area contributed by atoms with Crippen LogP contribution in [0.1, 0.15) is 74.0 Å². The van der Waals surface area contributed by atoms with Gasteiger partial charge in [-0.05, 0) is 47.9 Å². The molecule has 2 N–H and O–H groups in total. The third-order valence-electron chi connectivity index (χ3n) is 5.17. The second kappa shape index (κ2) is 9.20. The first-order valence-corrected chi connectivity index (χ1v) is 10.2. The van der Waals surface area contributed by atoms with Gasteiger partial charge in [-0.2, -0.15) is 0 Å². The number of nitrogens with zero attached hydrogens (tertiary/aromatic N) is 1. The van der Waals surface area contributed by atoms with Crippen molar-refractivity contribution in [3.05, 3.63) is 53.3 Å². The van der Waals surface area contributed by atoms with Crippen molar-refractivity contribution in [3.63, 3.8) is 0 Å². The number of carbonyl (C=O) groups excluding carboxylic acids is 1. The molecule has 1 saturated heterocycles. The number of anilines is 2. The Morgan fingerprint density at radius 3 is 2.39 bits per heavy atom. The van der Waals surface area contributed by atoms with Crippen LogP contribution in [0.2, 0.25) is 0 Å². The molecule has 1 fully saturated rings. The molecule has 1 aliphatic heterocycles. The van der Waals surface area contributed by atoms with Crippen molar-refractivity contribution >= 4 is 17.3 Å². The topological polar surface area (TPSA) is 63.2 Å². The van der Waals surface area contributed by atoms with Crippen LogP contribution in [0.25, 0.3) is 0 Å². The highest BCUT2D eigenvalue weighted by atomic mass is 16.5. The number of benzene rings is 1. The molecule has 0 saturated carbocycles. The summed E-state index contributed by atoms with van der Waals surface area (Å²) in [5.74, 6) is 0.471. The van der Waals surface area contributed by atoms with Gasteiger partial charge >= 0.3 is 0 Å². The van der Waals surface area contributed by atoms with E-state index in [9.17, 15) is 4.79 Å². The first kappa shape index (κ1) is 20.3. The van der Waals surface area contributed by atoms with Gasteiger partial charge in [0.05, 0.1) is 18.0 Å². The van der Waals surface area contributed by atoms with Crippen LogP contribution in [0.5, 0.6) is 0 Å². The highest BCUT2D eigenvalue weighted by Gasteiger charge is 2.18. The Kier molecular flexibility index (Phi) is 6.68. The van der Waals surface area contributed by atoms with Gasteiger partial charge in [-0.25, -0.2) is 4.98 Å². The first-order chi connectivity index (χ1) is 13.5. The molecule has 1 aromatic carbocycles. The number of pyridine rings is 1. The fraction of sp³-hybridized carbons (Fsp3) is 0.478. The number of hydrogen-bond acceptors (Lipinski definition) is 4. The maximum Gasteiger partial charge on any atom is 0.274 e. The van der Waals surface area contributed by atoms with E-state index in [-0.39, 0.29) is 12.0 Å². The minimum absolute atomic E-state index is 0.180. The summed E-state index contributed by atoms with van der Waals surface area (Å²) < 4.78 is 5.62. The average Bonchev–Trinajstić information content (AvgIpc) is 3.20. The first-order valence-electron chi connectivity index (χ1n) is 10.2. The quantitative estimate of drug-likeness (QED) is 0.694. The van der Waals surface area contributed by atoms with Gasteiger partial charge in [-0.1, -0.05) is 45.9 Å². The zero-order chi connectivity index (χ0) is 20.1. The molecule has 2 heterocycles. The second-order valence-corrected chi connectivity index (χ2v) is 8.02. The molecule has 5 heteroatoms. The van der Waals surface area contributed by atoms with Crippen molar-refractivity contribution in [1.82, 2.24) is 4.98 Å². The molecule has 1 unspecified atom stereocenters. The lowest BCUT2D eigenvalue weighted by atomic mass is 9.92. The molecule has 5 nitrogen and oxygen atoms in total. The Bertz CT molecular complexity index is 768. The normalized spacial score (nSPS) is 16.6. The number of hydrogen-bond donors (Lipinski definition) is 2. The number of aromatic nitrogens is 1. The van der Waals surface area contributed by atoms with Crippen LogP contribution in [-0.2, 0) is 4.74 Å². The molecule has 0 spiro atoms. The molecule has 1 aliphatic rings. The van der Waals surface area contributed by atoms with Crippen molar-refractivity contribution in [2.75, 3.05) is 23.8 Å². The van der Waals surface area contributed by atoms with E-state index in [1.165, 1.54) is 0 Å². The molecule has 2 aromatic rings. The molecule has 1 atom stereocenters. The number of rotatable bonds is 7. The minimum atomic E-state index is -0.180. The van der Waals surface area contributed by atoms with Gasteiger partial charge in [-0.15, -0.1) is 0 Å². The Morgan fingerprint density at radius 1 is 1.14 bits per heavy atom. The predicted molar refractivity (Wildman–Crippen MR) is 114 cm³/mol. The van der Waals surface area contributed by atoms with Gasteiger partial charge in [-0.3, -0.25) is 4.79 Å². The van der Waals surface area contributed by atoms with Crippen LogP contribution >= 0.6 is 0 Å². The van der Waals surface area contributed by atoms with Crippen molar-refractivity contribution in [3.8, 4) is 0 Å². The smallest absolute Gasteiger partial charge is 0.274 e. The maximum absolute atomic E-state index is 12.8. The number of para-hydroxylation sites is 1. The van der Waals surface area contributed by atoms with Gasteiger partial charge in [0.2, 0.25) is 0 Å². The van der Waals surface area contributed by atoms with Gasteiger partial charge < -0.3 is 15.4 Å². The highest BCUT2D eigenvalue weighted by Crippen LogP contribution is 2.32. The lowest BCUT2D eigenvalue weighted by molar-refractivity contribution is 0.102. The van der Waals surface area contributed by atoms with Crippen molar-refractivity contribution in [2.45, 2.75) is 58.5 Å². The predicted octanol–water partition coefficient (Wildman–Crippen LogP) is 5.17. The molecular formula is C23H31N3O2. The van der Waals surface area contributed by atoms with Crippen molar-refractivity contribution < 1.29 is 9.53 Å². The number of ether oxygens (including phenoxy) is 1. The van der Waals surface area contributed by atoms with Crippen LogP contribution < -0.4 is 10.6 Å². The van der Waals surface area contributed by atoms with E-state index < -0.39 is 0 Å². The van der Waals surface area contributed by atoms with Crippen LogP contribution in [0, 0.1) is 0 Å². The van der Waals surface area contributed by atoms with Crippen LogP contribution in [0.4, 0.5) is 11.4 Å². The summed E-state index contributed by atoms with van der Waals surface area (Å²) >= 11 is 0. The molecule has 0 bridgehead atoms. The van der Waals surface area contributed by atoms with E-state index in [2.05, 4.69) is 61.5 Å². The molecule has 150 valence electrons. The highest BCUT2D eigenvalue weighted by molar-refractivity contribution is 6.04. The minimum Gasteiger partial charge on any atom is -0.381 e. The van der Waals surface area contributed by atoms with Gasteiger partial charge in [0, 0.05) is 18.8 Å². The summed E-state index contributed by atoms with van der Waals surface area (Å²) in [5.41, 5.74) is 4.53. The fourth-order valence-electron chi connectivity index (χ4n) is 3.54. The second-order valence-electron chi connectivity index (χ2n) is 8.02. The Balaban J connectivity index is 1.71. The summed E-state index contributed by atoms with van der Waals surface area (Å²) in [6.45, 7) is 10.2. The fourth-order valence-corrected chi connectivity index (χ4v) is 3.54. The zero-order valence-corrected chi connectivity index (χ0v) is 17.3. The summed E-state index contributed by atoms with van der Waals surface area (Å²) in [6, 6.07) is 9.89. The molecule has 1 aromatic heterocycles. The van der Waals surface area contributed by atoms with E-state index in [1.807, 2.05) is 6.07 Å². The lowest BCUT2D eigenvalue weighted by Crippen LogP contribution is -2.19. The molecule has 28 heavy (non-hydrogen) atoms. The van der Waals surface area contributed by atoms with E-state index in [1.54, 1.807) is 12.3 Å². The largest absolute Gasteiger partial charge is 0.381 e. The third-order valence-corrected chi connectivity index (χ3v) is 5.17. The number of carbonyl (C=O) groups is 1. The van der Waals surface area contributed by atoms with Crippen molar-refractivity contribution in [1.29, 1.82) is 0 Å². The average molecular weight is 382 g/mol. The molecule has 0 aliphatic carbocycles. The molecule has 1 amide bonds. The van der Waals surface area contributed by atoms with E-state index >= 15 is 0 Å². The Morgan fingerprint density at radius 2 is 1.86 bits per heavy atom. The molecule has 0 radical (unpaired) electrons. The monoisotopic (exact) mass is 381 g/mol. The number of nitrogens with one attached hydrogen (secondary N) is 2. The number of amides is 1.